The van der Waals surface area contributed by atoms with Gasteiger partial charge in [-0.3, -0.25) is 14.4 Å². The van der Waals surface area contributed by atoms with Crippen LogP contribution in [0, 0.1) is 17.2 Å². The molecule has 1 saturated heterocycles. The van der Waals surface area contributed by atoms with E-state index in [0.717, 1.165) is 35.8 Å². The van der Waals surface area contributed by atoms with Crippen LogP contribution in [0.15, 0.2) is 52.9 Å². The minimum atomic E-state index is -1.04. The Hall–Kier alpha value is -3.96. The largest absolute Gasteiger partial charge is 0.451 e. The molecule has 0 radical (unpaired) electrons. The normalized spacial score (nSPS) is 19.7. The summed E-state index contributed by atoms with van der Waals surface area (Å²) in [6.07, 6.45) is 5.00. The number of nitrogens with zero attached hydrogens (tertiary/aromatic N) is 1. The number of ether oxygens (including phenoxy) is 1. The van der Waals surface area contributed by atoms with E-state index in [1.807, 2.05) is 42.5 Å². The number of amides is 2. The van der Waals surface area contributed by atoms with Gasteiger partial charge >= 0.3 is 0 Å². The number of benzene rings is 2. The van der Waals surface area contributed by atoms with Gasteiger partial charge < -0.3 is 19.8 Å². The van der Waals surface area contributed by atoms with Gasteiger partial charge in [0.2, 0.25) is 5.91 Å². The smallest absolute Gasteiger partial charge is 0.287 e. The summed E-state index contributed by atoms with van der Waals surface area (Å²) in [6.45, 7) is 0.968. The summed E-state index contributed by atoms with van der Waals surface area (Å²) in [5, 5.41) is 16.1. The third-order valence-corrected chi connectivity index (χ3v) is 8.07. The first-order chi connectivity index (χ1) is 18.4. The van der Waals surface area contributed by atoms with Gasteiger partial charge in [-0.25, -0.2) is 0 Å². The zero-order chi connectivity index (χ0) is 26.3. The molecule has 3 aliphatic rings. The van der Waals surface area contributed by atoms with Gasteiger partial charge in [0.15, 0.2) is 11.5 Å². The van der Waals surface area contributed by atoms with Crippen molar-refractivity contribution in [1.82, 2.24) is 10.6 Å². The Morgan fingerprint density at radius 3 is 2.21 bits per heavy atom. The highest BCUT2D eigenvalue weighted by molar-refractivity contribution is 6.01. The van der Waals surface area contributed by atoms with E-state index in [9.17, 15) is 19.6 Å². The van der Waals surface area contributed by atoms with Crippen molar-refractivity contribution in [3.05, 3.63) is 59.9 Å². The Kier molecular flexibility index (Phi) is 6.04. The number of hydrogen-bond acceptors (Lipinski definition) is 6. The Labute approximate surface area is 220 Å². The molecule has 8 heteroatoms. The van der Waals surface area contributed by atoms with Gasteiger partial charge in [0.25, 0.3) is 5.91 Å². The third-order valence-electron chi connectivity index (χ3n) is 8.07. The molecular formula is C30H29N3O5. The summed E-state index contributed by atoms with van der Waals surface area (Å²) < 4.78 is 11.1. The van der Waals surface area contributed by atoms with Crippen molar-refractivity contribution < 1.29 is 23.5 Å². The second-order valence-electron chi connectivity index (χ2n) is 10.8. The molecule has 2 aromatic carbocycles. The van der Waals surface area contributed by atoms with E-state index in [0.29, 0.717) is 50.0 Å². The summed E-state index contributed by atoms with van der Waals surface area (Å²) in [7, 11) is 0. The molecule has 2 N–H and O–H groups in total. The maximum atomic E-state index is 13.3. The Morgan fingerprint density at radius 2 is 1.58 bits per heavy atom. The lowest BCUT2D eigenvalue weighted by Crippen LogP contribution is -2.61. The first-order valence-electron chi connectivity index (χ1n) is 13.2. The molecule has 2 heterocycles. The van der Waals surface area contributed by atoms with Gasteiger partial charge in [0.05, 0.1) is 25.2 Å². The topological polar surface area (TPSA) is 121 Å². The molecule has 3 fully saturated rings. The van der Waals surface area contributed by atoms with Crippen molar-refractivity contribution in [3.8, 4) is 17.2 Å². The molecule has 1 aliphatic heterocycles. The first kappa shape index (κ1) is 24.4. The lowest BCUT2D eigenvalue weighted by atomic mass is 9.80. The van der Waals surface area contributed by atoms with E-state index in [4.69, 9.17) is 9.15 Å². The van der Waals surface area contributed by atoms with Crippen molar-refractivity contribution in [2.45, 2.75) is 56.0 Å². The fraction of sp³-hybridized carbons (Fsp3) is 0.400. The summed E-state index contributed by atoms with van der Waals surface area (Å²) in [5.74, 6) is -0.534. The quantitative estimate of drug-likeness (QED) is 0.450. The van der Waals surface area contributed by atoms with Crippen molar-refractivity contribution >= 4 is 28.6 Å². The Morgan fingerprint density at radius 1 is 0.868 bits per heavy atom. The number of nitriles is 1. The fourth-order valence-corrected chi connectivity index (χ4v) is 5.34. The number of nitrogens with one attached hydrogen (secondary N) is 2. The molecule has 0 spiro atoms. The lowest BCUT2D eigenvalue weighted by Gasteiger charge is -2.37. The maximum absolute atomic E-state index is 13.3. The van der Waals surface area contributed by atoms with Crippen LogP contribution in [0.25, 0.3) is 22.1 Å². The van der Waals surface area contributed by atoms with Crippen LogP contribution in [0.1, 0.15) is 65.9 Å². The SMILES string of the molecule is N#CC1(NC(=O)C2(NC(=O)c3cc4ccc(-c5ccc(C(=O)C6COC6)cc5)cc4o3)CCCCC2)CC1. The van der Waals surface area contributed by atoms with Crippen LogP contribution in [0.3, 0.4) is 0 Å². The van der Waals surface area contributed by atoms with E-state index in [1.54, 1.807) is 6.07 Å². The molecule has 194 valence electrons. The number of Topliss-reactive ketones (excluding diaryl/α,β-unsaturated/α-hetero) is 1. The van der Waals surface area contributed by atoms with Crippen LogP contribution in [-0.4, -0.2) is 41.9 Å². The van der Waals surface area contributed by atoms with Gasteiger partial charge in [-0.2, -0.15) is 5.26 Å². The van der Waals surface area contributed by atoms with E-state index in [1.165, 1.54) is 0 Å². The zero-order valence-corrected chi connectivity index (χ0v) is 21.0. The number of ketones is 1. The third kappa shape index (κ3) is 4.48. The molecule has 38 heavy (non-hydrogen) atoms. The average molecular weight is 512 g/mol. The number of fused-ring (bicyclic) bond motifs is 1. The van der Waals surface area contributed by atoms with Crippen molar-refractivity contribution in [2.75, 3.05) is 13.2 Å². The minimum absolute atomic E-state index is 0.0510. The molecular weight excluding hydrogens is 482 g/mol. The monoisotopic (exact) mass is 511 g/mol. The van der Waals surface area contributed by atoms with Crippen LogP contribution < -0.4 is 10.6 Å². The van der Waals surface area contributed by atoms with Crippen LogP contribution in [-0.2, 0) is 9.53 Å². The molecule has 0 unspecified atom stereocenters. The van der Waals surface area contributed by atoms with E-state index >= 15 is 0 Å². The first-order valence-corrected chi connectivity index (χ1v) is 13.2. The number of carbonyl (C=O) groups excluding carboxylic acids is 3. The molecule has 1 aromatic heterocycles. The van der Waals surface area contributed by atoms with Gasteiger partial charge in [-0.1, -0.05) is 55.7 Å². The Bertz CT molecular complexity index is 1450. The molecule has 2 saturated carbocycles. The van der Waals surface area contributed by atoms with Crippen LogP contribution in [0.4, 0.5) is 0 Å². The molecule has 2 amide bonds. The maximum Gasteiger partial charge on any atom is 0.287 e. The number of furan rings is 1. The van der Waals surface area contributed by atoms with Crippen molar-refractivity contribution in [3.63, 3.8) is 0 Å². The van der Waals surface area contributed by atoms with Gasteiger partial charge in [0, 0.05) is 10.9 Å². The summed E-state index contributed by atoms with van der Waals surface area (Å²) >= 11 is 0. The molecule has 0 bridgehead atoms. The highest BCUT2D eigenvalue weighted by Crippen LogP contribution is 2.37. The van der Waals surface area contributed by atoms with Crippen molar-refractivity contribution in [1.29, 1.82) is 5.26 Å². The van der Waals surface area contributed by atoms with Gasteiger partial charge in [0.1, 0.15) is 16.7 Å². The predicted molar refractivity (Wildman–Crippen MR) is 139 cm³/mol. The van der Waals surface area contributed by atoms with Crippen LogP contribution in [0.2, 0.25) is 0 Å². The van der Waals surface area contributed by atoms with E-state index in [-0.39, 0.29) is 23.4 Å². The van der Waals surface area contributed by atoms with Crippen LogP contribution in [0.5, 0.6) is 0 Å². The van der Waals surface area contributed by atoms with E-state index < -0.39 is 17.0 Å². The van der Waals surface area contributed by atoms with Gasteiger partial charge in [-0.05, 0) is 48.9 Å². The number of rotatable bonds is 7. The summed E-state index contributed by atoms with van der Waals surface area (Å²) in [6, 6.07) is 17.1. The van der Waals surface area contributed by atoms with Crippen molar-refractivity contribution in [2.24, 2.45) is 5.92 Å². The number of carbonyl (C=O) groups is 3. The zero-order valence-electron chi connectivity index (χ0n) is 21.0. The summed E-state index contributed by atoms with van der Waals surface area (Å²) in [5.41, 5.74) is 1.22. The van der Waals surface area contributed by atoms with Crippen LogP contribution >= 0.6 is 0 Å². The molecule has 6 rings (SSSR count). The lowest BCUT2D eigenvalue weighted by molar-refractivity contribution is -0.129. The molecule has 8 nitrogen and oxygen atoms in total. The minimum Gasteiger partial charge on any atom is -0.451 e. The molecule has 0 atom stereocenters. The second kappa shape index (κ2) is 9.41. The second-order valence-corrected chi connectivity index (χ2v) is 10.8. The highest BCUT2D eigenvalue weighted by Gasteiger charge is 2.50. The number of hydrogen-bond donors (Lipinski definition) is 2. The highest BCUT2D eigenvalue weighted by atomic mass is 16.5. The van der Waals surface area contributed by atoms with E-state index in [2.05, 4.69) is 16.7 Å². The molecule has 3 aromatic rings. The molecule has 2 aliphatic carbocycles. The average Bonchev–Trinajstić information content (AvgIpc) is 3.55. The Balaban J connectivity index is 1.20. The van der Waals surface area contributed by atoms with Gasteiger partial charge in [-0.15, -0.1) is 0 Å². The summed E-state index contributed by atoms with van der Waals surface area (Å²) in [4.78, 5) is 39.0. The standard InChI is InChI=1S/C30H29N3O5/c31-18-29(12-13-29)33-28(36)30(10-2-1-3-11-30)32-27(35)25-15-22-9-8-21(14-24(22)38-25)19-4-6-20(7-5-19)26(34)23-16-37-17-23/h4-9,14-15,23H,1-3,10-13,16-17H2,(H,32,35)(H,33,36). The fourth-order valence-electron chi connectivity index (χ4n) is 5.34. The predicted octanol–water partition coefficient (Wildman–Crippen LogP) is 4.53.